The summed E-state index contributed by atoms with van der Waals surface area (Å²) in [6, 6.07) is 4.97. The van der Waals surface area contributed by atoms with Gasteiger partial charge in [-0.05, 0) is 42.5 Å². The largest absolute Gasteiger partial charge is 0.467 e. The normalized spacial score (nSPS) is 14.9. The van der Waals surface area contributed by atoms with E-state index < -0.39 is 12.0 Å². The fourth-order valence-electron chi connectivity index (χ4n) is 2.47. The van der Waals surface area contributed by atoms with Gasteiger partial charge in [0.2, 0.25) is 0 Å². The number of ether oxygens (including phenoxy) is 1. The maximum absolute atomic E-state index is 12.3. The Morgan fingerprint density at radius 3 is 2.76 bits per heavy atom. The van der Waals surface area contributed by atoms with Crippen LogP contribution in [0, 0.1) is 5.92 Å². The molecule has 1 aromatic carbocycles. The van der Waals surface area contributed by atoms with E-state index >= 15 is 0 Å². The molecule has 1 amide bonds. The standard InChI is InChI=1S/C16H22N2O3/c1-10(2)14(16(20)21-3)18-15(19)12-6-7-13-11(9-12)5-4-8-17-13/h6-7,9-10,14,17H,4-5,8H2,1-3H3,(H,18,19)/t14-/m0/s1. The first-order valence-electron chi connectivity index (χ1n) is 7.28. The number of methoxy groups -OCH3 is 1. The van der Waals surface area contributed by atoms with Gasteiger partial charge in [0.1, 0.15) is 6.04 Å². The molecular weight excluding hydrogens is 268 g/mol. The van der Waals surface area contributed by atoms with E-state index in [9.17, 15) is 9.59 Å². The highest BCUT2D eigenvalue weighted by Gasteiger charge is 2.25. The molecule has 0 aromatic heterocycles. The zero-order chi connectivity index (χ0) is 15.4. The second kappa shape index (κ2) is 6.61. The SMILES string of the molecule is COC(=O)[C@@H](NC(=O)c1ccc2c(c1)CCCN2)C(C)C. The first-order valence-corrected chi connectivity index (χ1v) is 7.28. The van der Waals surface area contributed by atoms with Gasteiger partial charge >= 0.3 is 5.97 Å². The molecule has 5 nitrogen and oxygen atoms in total. The third-order valence-corrected chi connectivity index (χ3v) is 3.71. The van der Waals surface area contributed by atoms with Gasteiger partial charge in [-0.2, -0.15) is 0 Å². The Morgan fingerprint density at radius 1 is 1.33 bits per heavy atom. The van der Waals surface area contributed by atoms with E-state index in [1.165, 1.54) is 7.11 Å². The molecule has 0 unspecified atom stereocenters. The highest BCUT2D eigenvalue weighted by atomic mass is 16.5. The molecule has 5 heteroatoms. The summed E-state index contributed by atoms with van der Waals surface area (Å²) in [5.74, 6) is -0.689. The average molecular weight is 290 g/mol. The highest BCUT2D eigenvalue weighted by Crippen LogP contribution is 2.23. The van der Waals surface area contributed by atoms with Crippen molar-refractivity contribution in [3.8, 4) is 0 Å². The number of rotatable bonds is 4. The molecule has 0 fully saturated rings. The number of hydrogen-bond donors (Lipinski definition) is 2. The molecular formula is C16H22N2O3. The van der Waals surface area contributed by atoms with Crippen molar-refractivity contribution in [2.75, 3.05) is 19.0 Å². The minimum atomic E-state index is -0.628. The summed E-state index contributed by atoms with van der Waals surface area (Å²) in [5.41, 5.74) is 2.81. The number of esters is 1. The van der Waals surface area contributed by atoms with Crippen LogP contribution in [0.1, 0.15) is 36.2 Å². The molecule has 21 heavy (non-hydrogen) atoms. The van der Waals surface area contributed by atoms with Gasteiger partial charge in [0, 0.05) is 17.8 Å². The van der Waals surface area contributed by atoms with Crippen LogP contribution in [0.15, 0.2) is 18.2 Å². The van der Waals surface area contributed by atoms with E-state index in [-0.39, 0.29) is 11.8 Å². The van der Waals surface area contributed by atoms with Gasteiger partial charge in [0.05, 0.1) is 7.11 Å². The molecule has 1 aliphatic rings. The summed E-state index contributed by atoms with van der Waals surface area (Å²) < 4.78 is 4.74. The fraction of sp³-hybridized carbons (Fsp3) is 0.500. The molecule has 0 saturated heterocycles. The Balaban J connectivity index is 2.14. The predicted octanol–water partition coefficient (Wildman–Crippen LogP) is 1.97. The second-order valence-corrected chi connectivity index (χ2v) is 5.62. The van der Waals surface area contributed by atoms with Crippen molar-refractivity contribution in [2.24, 2.45) is 5.92 Å². The summed E-state index contributed by atoms with van der Waals surface area (Å²) in [6.45, 7) is 4.72. The number of anilines is 1. The van der Waals surface area contributed by atoms with Gasteiger partial charge in [-0.15, -0.1) is 0 Å². The van der Waals surface area contributed by atoms with Gasteiger partial charge in [-0.3, -0.25) is 4.79 Å². The molecule has 114 valence electrons. The average Bonchev–Trinajstić information content (AvgIpc) is 2.50. The maximum atomic E-state index is 12.3. The lowest BCUT2D eigenvalue weighted by Crippen LogP contribution is -2.45. The number of carbonyl (C=O) groups is 2. The van der Waals surface area contributed by atoms with Crippen molar-refractivity contribution in [3.63, 3.8) is 0 Å². The summed E-state index contributed by atoms with van der Waals surface area (Å²) >= 11 is 0. The van der Waals surface area contributed by atoms with Crippen LogP contribution in [0.25, 0.3) is 0 Å². The first-order chi connectivity index (χ1) is 10.0. The number of nitrogens with one attached hydrogen (secondary N) is 2. The third-order valence-electron chi connectivity index (χ3n) is 3.71. The maximum Gasteiger partial charge on any atom is 0.328 e. The summed E-state index contributed by atoms with van der Waals surface area (Å²) in [6.07, 6.45) is 2.03. The number of carbonyl (C=O) groups excluding carboxylic acids is 2. The van der Waals surface area contributed by atoms with Crippen LogP contribution < -0.4 is 10.6 Å². The van der Waals surface area contributed by atoms with Crippen LogP contribution in [-0.2, 0) is 16.0 Å². The Kier molecular flexibility index (Phi) is 4.83. The lowest BCUT2D eigenvalue weighted by Gasteiger charge is -2.21. The molecule has 2 N–H and O–H groups in total. The molecule has 1 aliphatic heterocycles. The van der Waals surface area contributed by atoms with Crippen molar-refractivity contribution in [1.82, 2.24) is 5.32 Å². The lowest BCUT2D eigenvalue weighted by atomic mass is 9.99. The summed E-state index contributed by atoms with van der Waals surface area (Å²) in [4.78, 5) is 24.0. The van der Waals surface area contributed by atoms with Crippen LogP contribution >= 0.6 is 0 Å². The molecule has 1 aromatic rings. The van der Waals surface area contributed by atoms with Crippen LogP contribution in [-0.4, -0.2) is 31.6 Å². The van der Waals surface area contributed by atoms with Crippen LogP contribution in [0.4, 0.5) is 5.69 Å². The van der Waals surface area contributed by atoms with E-state index in [2.05, 4.69) is 10.6 Å². The van der Waals surface area contributed by atoms with Gasteiger partial charge < -0.3 is 15.4 Å². The van der Waals surface area contributed by atoms with E-state index in [0.717, 1.165) is 30.6 Å². The Morgan fingerprint density at radius 2 is 2.10 bits per heavy atom. The zero-order valence-corrected chi connectivity index (χ0v) is 12.7. The Labute approximate surface area is 125 Å². The van der Waals surface area contributed by atoms with E-state index in [0.29, 0.717) is 5.56 Å². The number of amides is 1. The second-order valence-electron chi connectivity index (χ2n) is 5.62. The number of fused-ring (bicyclic) bond motifs is 1. The highest BCUT2D eigenvalue weighted by molar-refractivity contribution is 5.97. The monoisotopic (exact) mass is 290 g/mol. The van der Waals surface area contributed by atoms with E-state index in [4.69, 9.17) is 4.74 Å². The molecule has 1 atom stereocenters. The number of benzene rings is 1. The van der Waals surface area contributed by atoms with Crippen molar-refractivity contribution in [1.29, 1.82) is 0 Å². The quantitative estimate of drug-likeness (QED) is 0.832. The molecule has 2 rings (SSSR count). The van der Waals surface area contributed by atoms with Gasteiger partial charge in [-0.25, -0.2) is 4.79 Å². The van der Waals surface area contributed by atoms with Crippen LogP contribution in [0.5, 0.6) is 0 Å². The molecule has 1 heterocycles. The molecule has 0 aliphatic carbocycles. The van der Waals surface area contributed by atoms with Gasteiger partial charge in [-0.1, -0.05) is 13.8 Å². The fourth-order valence-corrected chi connectivity index (χ4v) is 2.47. The smallest absolute Gasteiger partial charge is 0.328 e. The Hall–Kier alpha value is -2.04. The Bertz CT molecular complexity index is 540. The third kappa shape index (κ3) is 3.54. The van der Waals surface area contributed by atoms with Crippen LogP contribution in [0.2, 0.25) is 0 Å². The minimum absolute atomic E-state index is 0.0271. The molecule has 0 saturated carbocycles. The molecule has 0 bridgehead atoms. The first kappa shape index (κ1) is 15.4. The topological polar surface area (TPSA) is 67.4 Å². The van der Waals surface area contributed by atoms with E-state index in [1.54, 1.807) is 6.07 Å². The molecule has 0 spiro atoms. The van der Waals surface area contributed by atoms with Crippen molar-refractivity contribution in [2.45, 2.75) is 32.7 Å². The van der Waals surface area contributed by atoms with Crippen molar-refractivity contribution < 1.29 is 14.3 Å². The summed E-state index contributed by atoms with van der Waals surface area (Å²) in [5, 5.41) is 6.07. The minimum Gasteiger partial charge on any atom is -0.467 e. The van der Waals surface area contributed by atoms with Gasteiger partial charge in [0.15, 0.2) is 0 Å². The van der Waals surface area contributed by atoms with Gasteiger partial charge in [0.25, 0.3) is 5.91 Å². The number of aryl methyl sites for hydroxylation is 1. The molecule has 0 radical (unpaired) electrons. The van der Waals surface area contributed by atoms with Crippen molar-refractivity contribution in [3.05, 3.63) is 29.3 Å². The predicted molar refractivity (Wildman–Crippen MR) is 81.4 cm³/mol. The van der Waals surface area contributed by atoms with Crippen molar-refractivity contribution >= 4 is 17.6 Å². The lowest BCUT2D eigenvalue weighted by molar-refractivity contribution is -0.144. The van der Waals surface area contributed by atoms with E-state index in [1.807, 2.05) is 26.0 Å². The summed E-state index contributed by atoms with van der Waals surface area (Å²) in [7, 11) is 1.33. The zero-order valence-electron chi connectivity index (χ0n) is 12.7. The number of hydrogen-bond acceptors (Lipinski definition) is 4. The van der Waals surface area contributed by atoms with Crippen LogP contribution in [0.3, 0.4) is 0 Å².